The van der Waals surface area contributed by atoms with Crippen molar-refractivity contribution in [3.05, 3.63) is 53.9 Å². The van der Waals surface area contributed by atoms with Gasteiger partial charge in [-0.15, -0.1) is 10.2 Å². The van der Waals surface area contributed by atoms with Crippen LogP contribution in [0.25, 0.3) is 5.65 Å². The summed E-state index contributed by atoms with van der Waals surface area (Å²) in [5.74, 6) is 1.47. The number of ether oxygens (including phenoxy) is 1. The Morgan fingerprint density at radius 2 is 1.95 bits per heavy atom. The number of rotatable bonds is 4. The van der Waals surface area contributed by atoms with Crippen LogP contribution >= 0.6 is 0 Å². The van der Waals surface area contributed by atoms with Crippen LogP contribution in [0.1, 0.15) is 18.2 Å². The van der Waals surface area contributed by atoms with Crippen molar-refractivity contribution in [2.75, 3.05) is 6.61 Å². The van der Waals surface area contributed by atoms with Crippen LogP contribution < -0.4 is 4.74 Å². The first-order valence-electron chi connectivity index (χ1n) is 7.28. The zero-order valence-corrected chi connectivity index (χ0v) is 12.9. The largest absolute Gasteiger partial charge is 0.492 e. The van der Waals surface area contributed by atoms with Crippen molar-refractivity contribution in [3.8, 4) is 5.75 Å². The molecule has 3 rings (SSSR count). The average Bonchev–Trinajstić information content (AvgIpc) is 2.81. The molecule has 0 fully saturated rings. The van der Waals surface area contributed by atoms with Crippen LogP contribution in [0.4, 0.5) is 11.5 Å². The first-order chi connectivity index (χ1) is 10.7. The molecule has 0 aliphatic carbocycles. The molecule has 0 bridgehead atoms. The normalized spacial score (nSPS) is 11.4. The van der Waals surface area contributed by atoms with Gasteiger partial charge in [-0.25, -0.2) is 4.98 Å². The van der Waals surface area contributed by atoms with Crippen molar-refractivity contribution in [2.45, 2.75) is 20.8 Å². The van der Waals surface area contributed by atoms with Crippen molar-refractivity contribution >= 4 is 17.2 Å². The van der Waals surface area contributed by atoms with Gasteiger partial charge in [-0.05, 0) is 50.6 Å². The van der Waals surface area contributed by atoms with Gasteiger partial charge in [0.2, 0.25) is 0 Å². The summed E-state index contributed by atoms with van der Waals surface area (Å²) in [5.41, 5.74) is 3.61. The molecule has 3 aromatic rings. The molecule has 0 radical (unpaired) electrons. The molecule has 1 aromatic carbocycles. The van der Waals surface area contributed by atoms with Crippen LogP contribution in [-0.4, -0.2) is 16.0 Å². The van der Waals surface area contributed by atoms with E-state index in [1.807, 2.05) is 67.8 Å². The Kier molecular flexibility index (Phi) is 3.87. The molecule has 0 saturated carbocycles. The molecule has 0 aliphatic rings. The fraction of sp³-hybridized carbons (Fsp3) is 0.235. The van der Waals surface area contributed by atoms with E-state index in [0.29, 0.717) is 12.3 Å². The fourth-order valence-electron chi connectivity index (χ4n) is 2.29. The molecular formula is C17H18N4O. The first kappa shape index (κ1) is 14.3. The number of imidazole rings is 1. The zero-order chi connectivity index (χ0) is 15.5. The minimum Gasteiger partial charge on any atom is -0.492 e. The maximum atomic E-state index is 5.56. The molecule has 5 heteroatoms. The lowest BCUT2D eigenvalue weighted by atomic mass is 10.3. The molecule has 0 amide bonds. The second-order valence-electron chi connectivity index (χ2n) is 5.05. The Morgan fingerprint density at radius 1 is 1.14 bits per heavy atom. The van der Waals surface area contributed by atoms with Crippen LogP contribution in [-0.2, 0) is 0 Å². The van der Waals surface area contributed by atoms with E-state index in [2.05, 4.69) is 15.2 Å². The summed E-state index contributed by atoms with van der Waals surface area (Å²) in [6, 6.07) is 11.7. The van der Waals surface area contributed by atoms with Gasteiger partial charge in [-0.3, -0.25) is 4.40 Å². The zero-order valence-electron chi connectivity index (χ0n) is 12.9. The monoisotopic (exact) mass is 294 g/mol. The van der Waals surface area contributed by atoms with Crippen molar-refractivity contribution in [3.63, 3.8) is 0 Å². The van der Waals surface area contributed by atoms with Crippen LogP contribution in [0, 0.1) is 13.8 Å². The van der Waals surface area contributed by atoms with E-state index in [1.165, 1.54) is 5.56 Å². The lowest BCUT2D eigenvalue weighted by molar-refractivity contribution is 0.341. The molecule has 2 aromatic heterocycles. The highest BCUT2D eigenvalue weighted by Crippen LogP contribution is 2.30. The summed E-state index contributed by atoms with van der Waals surface area (Å²) in [4.78, 5) is 4.52. The van der Waals surface area contributed by atoms with Gasteiger partial charge in [-0.2, -0.15) is 0 Å². The third-order valence-corrected chi connectivity index (χ3v) is 3.34. The second kappa shape index (κ2) is 5.97. The molecule has 0 saturated heterocycles. The predicted octanol–water partition coefficient (Wildman–Crippen LogP) is 4.77. The van der Waals surface area contributed by atoms with Crippen molar-refractivity contribution in [2.24, 2.45) is 10.2 Å². The molecule has 2 heterocycles. The van der Waals surface area contributed by atoms with E-state index in [-0.39, 0.29) is 0 Å². The number of fused-ring (bicyclic) bond motifs is 1. The number of nitrogens with zero attached hydrogens (tertiary/aromatic N) is 4. The van der Waals surface area contributed by atoms with Crippen LogP contribution in [0.3, 0.4) is 0 Å². The van der Waals surface area contributed by atoms with Crippen molar-refractivity contribution < 1.29 is 4.74 Å². The summed E-state index contributed by atoms with van der Waals surface area (Å²) in [7, 11) is 0. The summed E-state index contributed by atoms with van der Waals surface area (Å²) >= 11 is 0. The smallest absolute Gasteiger partial charge is 0.182 e. The molecule has 0 spiro atoms. The van der Waals surface area contributed by atoms with E-state index < -0.39 is 0 Å². The molecule has 112 valence electrons. The van der Waals surface area contributed by atoms with E-state index in [1.54, 1.807) is 0 Å². The van der Waals surface area contributed by atoms with Gasteiger partial charge in [0, 0.05) is 6.20 Å². The number of benzene rings is 1. The molecule has 5 nitrogen and oxygen atoms in total. The van der Waals surface area contributed by atoms with Crippen LogP contribution in [0.5, 0.6) is 5.75 Å². The number of pyridine rings is 1. The third-order valence-electron chi connectivity index (χ3n) is 3.34. The number of hydrogen-bond donors (Lipinski definition) is 0. The number of para-hydroxylation sites is 1. The summed E-state index contributed by atoms with van der Waals surface area (Å²) in [5, 5.41) is 8.72. The van der Waals surface area contributed by atoms with Crippen LogP contribution in [0.15, 0.2) is 52.8 Å². The van der Waals surface area contributed by atoms with Gasteiger partial charge in [-0.1, -0.05) is 12.1 Å². The number of aryl methyl sites for hydroxylation is 2. The summed E-state index contributed by atoms with van der Waals surface area (Å²) < 4.78 is 7.50. The van der Waals surface area contributed by atoms with Gasteiger partial charge in [0.15, 0.2) is 5.82 Å². The number of hydrogen-bond acceptors (Lipinski definition) is 4. The third kappa shape index (κ3) is 2.70. The number of azo groups is 1. The van der Waals surface area contributed by atoms with Crippen molar-refractivity contribution in [1.29, 1.82) is 0 Å². The minimum absolute atomic E-state index is 0.598. The Morgan fingerprint density at radius 3 is 2.77 bits per heavy atom. The fourth-order valence-corrected chi connectivity index (χ4v) is 2.29. The van der Waals surface area contributed by atoms with E-state index in [4.69, 9.17) is 4.74 Å². The molecule has 0 atom stereocenters. The highest BCUT2D eigenvalue weighted by atomic mass is 16.5. The average molecular weight is 294 g/mol. The molecule has 0 aliphatic heterocycles. The molecule has 0 N–H and O–H groups in total. The maximum absolute atomic E-state index is 5.56. The SMILES string of the molecule is CCOc1ccccc1N=Nc1c(C)nc2cc(C)ccn12. The summed E-state index contributed by atoms with van der Waals surface area (Å²) in [6.45, 7) is 6.53. The number of aromatic nitrogens is 2. The lowest BCUT2D eigenvalue weighted by Crippen LogP contribution is -1.90. The van der Waals surface area contributed by atoms with Crippen LogP contribution in [0.2, 0.25) is 0 Å². The van der Waals surface area contributed by atoms with Gasteiger partial charge in [0.1, 0.15) is 17.1 Å². The lowest BCUT2D eigenvalue weighted by Gasteiger charge is -2.04. The Balaban J connectivity index is 2.01. The van der Waals surface area contributed by atoms with E-state index >= 15 is 0 Å². The topological polar surface area (TPSA) is 51.2 Å². The predicted molar refractivity (Wildman–Crippen MR) is 86.5 cm³/mol. The molecule has 0 unspecified atom stereocenters. The first-order valence-corrected chi connectivity index (χ1v) is 7.28. The Hall–Kier alpha value is -2.69. The highest BCUT2D eigenvalue weighted by Gasteiger charge is 2.08. The Labute approximate surface area is 129 Å². The van der Waals surface area contributed by atoms with Gasteiger partial charge < -0.3 is 4.74 Å². The molecule has 22 heavy (non-hydrogen) atoms. The van der Waals surface area contributed by atoms with Gasteiger partial charge >= 0.3 is 0 Å². The summed E-state index contributed by atoms with van der Waals surface area (Å²) in [6.07, 6.45) is 1.97. The van der Waals surface area contributed by atoms with E-state index in [0.717, 1.165) is 22.9 Å². The Bertz CT molecular complexity index is 836. The minimum atomic E-state index is 0.598. The second-order valence-corrected chi connectivity index (χ2v) is 5.05. The van der Waals surface area contributed by atoms with E-state index in [9.17, 15) is 0 Å². The quantitative estimate of drug-likeness (QED) is 0.651. The van der Waals surface area contributed by atoms with Crippen molar-refractivity contribution in [1.82, 2.24) is 9.38 Å². The van der Waals surface area contributed by atoms with Gasteiger partial charge in [0.25, 0.3) is 0 Å². The maximum Gasteiger partial charge on any atom is 0.182 e. The van der Waals surface area contributed by atoms with Gasteiger partial charge in [0.05, 0.1) is 12.3 Å². The highest BCUT2D eigenvalue weighted by molar-refractivity contribution is 5.54. The molecular weight excluding hydrogens is 276 g/mol. The standard InChI is InChI=1S/C17H18N4O/c1-4-22-15-8-6-5-7-14(15)19-20-17-13(3)18-16-11-12(2)9-10-21(16)17/h5-11H,4H2,1-3H3.